The normalized spacial score (nSPS) is 14.7. The third-order valence-electron chi connectivity index (χ3n) is 6.88. The maximum atomic E-state index is 13.6. The van der Waals surface area contributed by atoms with Gasteiger partial charge in [-0.2, -0.15) is 5.10 Å². The fraction of sp³-hybridized carbons (Fsp3) is 0.370. The molecule has 35 heavy (non-hydrogen) atoms. The Hall–Kier alpha value is -3.81. The highest BCUT2D eigenvalue weighted by Gasteiger charge is 2.29. The molecule has 1 saturated heterocycles. The van der Waals surface area contributed by atoms with Crippen LogP contribution in [0.1, 0.15) is 56.9 Å². The zero-order chi connectivity index (χ0) is 24.5. The highest BCUT2D eigenvalue weighted by Crippen LogP contribution is 2.35. The number of fused-ring (bicyclic) bond motifs is 1. The van der Waals surface area contributed by atoms with Crippen molar-refractivity contribution in [2.75, 3.05) is 32.6 Å². The van der Waals surface area contributed by atoms with Crippen molar-refractivity contribution in [3.8, 4) is 17.2 Å². The first-order chi connectivity index (χ1) is 17.0. The first-order valence-corrected chi connectivity index (χ1v) is 12.0. The number of aryl methyl sites for hydroxylation is 1. The van der Waals surface area contributed by atoms with E-state index in [2.05, 4.69) is 5.32 Å². The lowest BCUT2D eigenvalue weighted by molar-refractivity contribution is 0.0793. The van der Waals surface area contributed by atoms with E-state index in [9.17, 15) is 9.59 Å². The fourth-order valence-corrected chi connectivity index (χ4v) is 5.05. The van der Waals surface area contributed by atoms with Gasteiger partial charge in [-0.25, -0.2) is 4.68 Å². The molecule has 1 fully saturated rings. The molecule has 0 bridgehead atoms. The molecular weight excluding hydrogens is 444 g/mol. The van der Waals surface area contributed by atoms with Gasteiger partial charge >= 0.3 is 0 Å². The number of methoxy groups -OCH3 is 2. The Morgan fingerprint density at radius 3 is 2.40 bits per heavy atom. The van der Waals surface area contributed by atoms with Gasteiger partial charge in [0.2, 0.25) is 0 Å². The van der Waals surface area contributed by atoms with E-state index in [0.29, 0.717) is 41.5 Å². The van der Waals surface area contributed by atoms with E-state index in [1.54, 1.807) is 12.1 Å². The smallest absolute Gasteiger partial charge is 0.276 e. The maximum Gasteiger partial charge on any atom is 0.276 e. The molecule has 2 aromatic carbocycles. The van der Waals surface area contributed by atoms with Crippen LogP contribution in [0.15, 0.2) is 36.4 Å². The first kappa shape index (κ1) is 23.0. The molecular formula is C27H30N4O4. The van der Waals surface area contributed by atoms with E-state index in [1.165, 1.54) is 14.2 Å². The molecule has 0 atom stereocenters. The Morgan fingerprint density at radius 2 is 1.69 bits per heavy atom. The molecule has 1 aliphatic heterocycles. The predicted molar refractivity (Wildman–Crippen MR) is 133 cm³/mol. The SMILES string of the molecule is COc1cc(NC(=O)c2nn(-c3ccccc3C)c3c2CCC3)c(C(=O)N2CCCC2)cc1OC. The minimum atomic E-state index is -0.335. The summed E-state index contributed by atoms with van der Waals surface area (Å²) in [4.78, 5) is 28.7. The zero-order valence-corrected chi connectivity index (χ0v) is 20.4. The van der Waals surface area contributed by atoms with E-state index in [0.717, 1.165) is 54.6 Å². The van der Waals surface area contributed by atoms with Crippen molar-refractivity contribution >= 4 is 17.5 Å². The Morgan fingerprint density at radius 1 is 0.971 bits per heavy atom. The number of carbonyl (C=O) groups excluding carboxylic acids is 2. The lowest BCUT2D eigenvalue weighted by Gasteiger charge is -2.20. The standard InChI is InChI=1S/C27H30N4O4/c1-17-9-4-5-11-21(17)31-22-12-8-10-18(22)25(29-31)26(32)28-20-16-24(35-3)23(34-2)15-19(20)27(33)30-13-6-7-14-30/h4-5,9,11,15-16H,6-8,10,12-14H2,1-3H3,(H,28,32). The topological polar surface area (TPSA) is 85.7 Å². The molecule has 8 nitrogen and oxygen atoms in total. The number of nitrogens with one attached hydrogen (secondary N) is 1. The van der Waals surface area contributed by atoms with Crippen molar-refractivity contribution < 1.29 is 19.1 Å². The second-order valence-corrected chi connectivity index (χ2v) is 9.03. The highest BCUT2D eigenvalue weighted by atomic mass is 16.5. The number of carbonyl (C=O) groups is 2. The highest BCUT2D eigenvalue weighted by molar-refractivity contribution is 6.09. The van der Waals surface area contributed by atoms with Crippen molar-refractivity contribution in [3.05, 3.63) is 64.5 Å². The Labute approximate surface area is 204 Å². The number of hydrogen-bond donors (Lipinski definition) is 1. The van der Waals surface area contributed by atoms with Gasteiger partial charge in [-0.3, -0.25) is 9.59 Å². The summed E-state index contributed by atoms with van der Waals surface area (Å²) in [6, 6.07) is 11.3. The number of benzene rings is 2. The van der Waals surface area contributed by atoms with Crippen molar-refractivity contribution in [1.29, 1.82) is 0 Å². The van der Waals surface area contributed by atoms with Crippen molar-refractivity contribution in [2.24, 2.45) is 0 Å². The minimum absolute atomic E-state index is 0.130. The zero-order valence-electron chi connectivity index (χ0n) is 20.4. The number of likely N-dealkylation sites (tertiary alicyclic amines) is 1. The summed E-state index contributed by atoms with van der Waals surface area (Å²) in [6.07, 6.45) is 4.61. The third kappa shape index (κ3) is 4.13. The van der Waals surface area contributed by atoms with Crippen molar-refractivity contribution in [2.45, 2.75) is 39.0 Å². The van der Waals surface area contributed by atoms with E-state index < -0.39 is 0 Å². The van der Waals surface area contributed by atoms with Gasteiger partial charge in [-0.1, -0.05) is 18.2 Å². The van der Waals surface area contributed by atoms with Crippen LogP contribution in [0.25, 0.3) is 5.69 Å². The number of rotatable bonds is 6. The molecule has 5 rings (SSSR count). The van der Waals surface area contributed by atoms with Crippen LogP contribution in [0, 0.1) is 6.92 Å². The van der Waals surface area contributed by atoms with Gasteiger partial charge in [0.1, 0.15) is 0 Å². The number of ether oxygens (including phenoxy) is 2. The summed E-state index contributed by atoms with van der Waals surface area (Å²) in [5.74, 6) is 0.418. The van der Waals surface area contributed by atoms with Crippen LogP contribution in [0.5, 0.6) is 11.5 Å². The predicted octanol–water partition coefficient (Wildman–Crippen LogP) is 4.17. The number of hydrogen-bond acceptors (Lipinski definition) is 5. The molecule has 1 aliphatic carbocycles. The fourth-order valence-electron chi connectivity index (χ4n) is 5.05. The maximum absolute atomic E-state index is 13.6. The lowest BCUT2D eigenvalue weighted by Crippen LogP contribution is -2.29. The van der Waals surface area contributed by atoms with Gasteiger partial charge in [0.15, 0.2) is 17.2 Å². The molecule has 1 N–H and O–H groups in total. The average molecular weight is 475 g/mol. The van der Waals surface area contributed by atoms with Gasteiger partial charge in [-0.05, 0) is 56.7 Å². The van der Waals surface area contributed by atoms with Crippen LogP contribution in [-0.4, -0.2) is 53.8 Å². The largest absolute Gasteiger partial charge is 0.493 e. The number of nitrogens with zero attached hydrogens (tertiary/aromatic N) is 3. The Bertz CT molecular complexity index is 1290. The van der Waals surface area contributed by atoms with E-state index in [4.69, 9.17) is 14.6 Å². The van der Waals surface area contributed by atoms with Crippen LogP contribution < -0.4 is 14.8 Å². The van der Waals surface area contributed by atoms with E-state index in [-0.39, 0.29) is 11.8 Å². The quantitative estimate of drug-likeness (QED) is 0.580. The molecule has 2 heterocycles. The summed E-state index contributed by atoms with van der Waals surface area (Å²) in [7, 11) is 3.06. The monoisotopic (exact) mass is 474 g/mol. The number of aromatic nitrogens is 2. The molecule has 8 heteroatoms. The molecule has 0 spiro atoms. The minimum Gasteiger partial charge on any atom is -0.493 e. The number of para-hydroxylation sites is 1. The first-order valence-electron chi connectivity index (χ1n) is 12.0. The van der Waals surface area contributed by atoms with Gasteiger partial charge in [0.05, 0.1) is 31.2 Å². The lowest BCUT2D eigenvalue weighted by atomic mass is 10.1. The van der Waals surface area contributed by atoms with Gasteiger partial charge in [0.25, 0.3) is 11.8 Å². The summed E-state index contributed by atoms with van der Waals surface area (Å²) in [5, 5.41) is 7.71. The van der Waals surface area contributed by atoms with Gasteiger partial charge in [-0.15, -0.1) is 0 Å². The average Bonchev–Trinajstić information content (AvgIpc) is 3.62. The molecule has 182 valence electrons. The van der Waals surface area contributed by atoms with Crippen molar-refractivity contribution in [1.82, 2.24) is 14.7 Å². The Balaban J connectivity index is 1.53. The number of amides is 2. The van der Waals surface area contributed by atoms with Crippen LogP contribution in [0.4, 0.5) is 5.69 Å². The molecule has 3 aromatic rings. The van der Waals surface area contributed by atoms with Gasteiger partial charge < -0.3 is 19.7 Å². The summed E-state index contributed by atoms with van der Waals surface area (Å²) in [5.41, 5.74) is 5.28. The molecule has 2 amide bonds. The summed E-state index contributed by atoms with van der Waals surface area (Å²) in [6.45, 7) is 3.45. The molecule has 0 unspecified atom stereocenters. The molecule has 2 aliphatic rings. The molecule has 1 aromatic heterocycles. The Kier molecular flexibility index (Phi) is 6.19. The third-order valence-corrected chi connectivity index (χ3v) is 6.88. The summed E-state index contributed by atoms with van der Waals surface area (Å²) < 4.78 is 12.8. The van der Waals surface area contributed by atoms with E-state index in [1.807, 2.05) is 40.8 Å². The van der Waals surface area contributed by atoms with Crippen LogP contribution in [0.3, 0.4) is 0 Å². The molecule has 0 radical (unpaired) electrons. The van der Waals surface area contributed by atoms with Crippen molar-refractivity contribution in [3.63, 3.8) is 0 Å². The molecule has 0 saturated carbocycles. The number of anilines is 1. The summed E-state index contributed by atoms with van der Waals surface area (Å²) >= 11 is 0. The second-order valence-electron chi connectivity index (χ2n) is 9.03. The van der Waals surface area contributed by atoms with Crippen LogP contribution in [0.2, 0.25) is 0 Å². The van der Waals surface area contributed by atoms with E-state index >= 15 is 0 Å². The van der Waals surface area contributed by atoms with Crippen LogP contribution >= 0.6 is 0 Å². The van der Waals surface area contributed by atoms with Gasteiger partial charge in [0, 0.05) is 30.4 Å². The van der Waals surface area contributed by atoms with Crippen LogP contribution in [-0.2, 0) is 12.8 Å². The second kappa shape index (κ2) is 9.44.